The maximum atomic E-state index is 11.5. The number of phenolic OH excluding ortho intramolecular Hbond substituents is 1. The topological polar surface area (TPSA) is 74.3 Å². The highest BCUT2D eigenvalue weighted by Crippen LogP contribution is 2.35. The molecule has 150 valence electrons. The zero-order valence-corrected chi connectivity index (χ0v) is 16.7. The number of pyridine rings is 1. The van der Waals surface area contributed by atoms with Gasteiger partial charge in [-0.1, -0.05) is 31.2 Å². The summed E-state index contributed by atoms with van der Waals surface area (Å²) in [5.41, 5.74) is 5.04. The number of H-pyrrole nitrogens is 1. The lowest BCUT2D eigenvalue weighted by Crippen LogP contribution is -2.15. The van der Waals surface area contributed by atoms with Crippen molar-refractivity contribution in [3.63, 3.8) is 0 Å². The second-order valence-electron chi connectivity index (χ2n) is 6.67. The molecule has 3 N–H and O–H groups in total. The molecule has 5 heteroatoms. The van der Waals surface area contributed by atoms with Crippen LogP contribution in [0.15, 0.2) is 71.7 Å². The van der Waals surface area contributed by atoms with Crippen LogP contribution in [0.25, 0.3) is 11.1 Å². The van der Waals surface area contributed by atoms with Crippen LogP contribution in [0.1, 0.15) is 30.0 Å². The fourth-order valence-corrected chi connectivity index (χ4v) is 3.26. The van der Waals surface area contributed by atoms with E-state index in [1.165, 1.54) is 6.07 Å². The van der Waals surface area contributed by atoms with Crippen molar-refractivity contribution in [3.8, 4) is 11.5 Å². The van der Waals surface area contributed by atoms with E-state index < -0.39 is 0 Å². The van der Waals surface area contributed by atoms with Crippen molar-refractivity contribution in [1.29, 1.82) is 0 Å². The van der Waals surface area contributed by atoms with Crippen molar-refractivity contribution >= 4 is 11.1 Å². The number of aromatic nitrogens is 1. The average Bonchev–Trinajstić information content (AvgIpc) is 2.75. The van der Waals surface area contributed by atoms with E-state index in [9.17, 15) is 9.90 Å². The Morgan fingerprint density at radius 1 is 0.966 bits per heavy atom. The Hall–Kier alpha value is -3.31. The van der Waals surface area contributed by atoms with E-state index >= 15 is 0 Å². The molecule has 0 fully saturated rings. The number of hydrogen-bond acceptors (Lipinski definition) is 4. The number of aromatic amines is 1. The second kappa shape index (κ2) is 9.75. The van der Waals surface area contributed by atoms with E-state index in [0.29, 0.717) is 6.61 Å². The predicted octanol–water partition coefficient (Wildman–Crippen LogP) is 4.05. The minimum atomic E-state index is -0.126. The summed E-state index contributed by atoms with van der Waals surface area (Å²) in [7, 11) is 1.89. The van der Waals surface area contributed by atoms with Crippen LogP contribution in [0.4, 0.5) is 0 Å². The molecule has 0 aliphatic heterocycles. The molecule has 0 saturated carbocycles. The number of hydrogen-bond donors (Lipinski definition) is 3. The second-order valence-corrected chi connectivity index (χ2v) is 6.67. The monoisotopic (exact) mass is 390 g/mol. The van der Waals surface area contributed by atoms with E-state index in [1.807, 2.05) is 49.5 Å². The Labute approximate surface area is 170 Å². The van der Waals surface area contributed by atoms with Crippen molar-refractivity contribution in [3.05, 3.63) is 93.9 Å². The molecule has 0 aliphatic carbocycles. The summed E-state index contributed by atoms with van der Waals surface area (Å²) in [6.07, 6.45) is 2.53. The molecule has 29 heavy (non-hydrogen) atoms. The number of nitrogens with one attached hydrogen (secondary N) is 2. The van der Waals surface area contributed by atoms with Crippen LogP contribution in [0.2, 0.25) is 0 Å². The van der Waals surface area contributed by atoms with Crippen LogP contribution in [0.5, 0.6) is 11.5 Å². The third kappa shape index (κ3) is 5.15. The molecule has 0 aliphatic rings. The van der Waals surface area contributed by atoms with Crippen LogP contribution in [-0.4, -0.2) is 30.3 Å². The van der Waals surface area contributed by atoms with Gasteiger partial charge in [0.25, 0.3) is 0 Å². The Bertz CT molecular complexity index is 999. The summed E-state index contributed by atoms with van der Waals surface area (Å²) in [5.74, 6) is 1.04. The number of ether oxygens (including phenoxy) is 1. The lowest BCUT2D eigenvalue weighted by molar-refractivity contribution is 0.318. The van der Waals surface area contributed by atoms with Crippen LogP contribution >= 0.6 is 0 Å². The van der Waals surface area contributed by atoms with Crippen LogP contribution in [-0.2, 0) is 0 Å². The third-order valence-corrected chi connectivity index (χ3v) is 4.71. The maximum Gasteiger partial charge on any atom is 0.247 e. The van der Waals surface area contributed by atoms with E-state index in [-0.39, 0.29) is 11.3 Å². The molecule has 3 aromatic rings. The molecular formula is C24H26N2O3. The van der Waals surface area contributed by atoms with Gasteiger partial charge >= 0.3 is 0 Å². The Kier molecular flexibility index (Phi) is 6.87. The van der Waals surface area contributed by atoms with Crippen LogP contribution in [0.3, 0.4) is 0 Å². The number of benzene rings is 2. The van der Waals surface area contributed by atoms with Gasteiger partial charge in [0.05, 0.1) is 0 Å². The van der Waals surface area contributed by atoms with Gasteiger partial charge in [0.2, 0.25) is 5.56 Å². The first-order valence-corrected chi connectivity index (χ1v) is 9.72. The van der Waals surface area contributed by atoms with Crippen molar-refractivity contribution in [2.45, 2.75) is 13.3 Å². The summed E-state index contributed by atoms with van der Waals surface area (Å²) >= 11 is 0. The Morgan fingerprint density at radius 3 is 2.14 bits per heavy atom. The standard InChI is InChI=1S/C24H26N2O3/c1-3-22(19-8-13-23(28)26-16-19)24(17-4-9-20(27)10-5-17)18-6-11-21(12-7-18)29-15-14-25-2/h4-13,16,25,27H,3,14-15H2,1-2H3,(H,26,28). The van der Waals surface area contributed by atoms with Crippen molar-refractivity contribution in [2.75, 3.05) is 20.2 Å². The number of allylic oxidation sites excluding steroid dienone is 1. The SMILES string of the molecule is CCC(=C(c1ccc(O)cc1)c1ccc(OCCNC)cc1)c1ccc(=O)[nH]c1. The zero-order chi connectivity index (χ0) is 20.6. The van der Waals surface area contributed by atoms with E-state index in [4.69, 9.17) is 4.74 Å². The van der Waals surface area contributed by atoms with Crippen molar-refractivity contribution < 1.29 is 9.84 Å². The number of likely N-dealkylation sites (N-methyl/N-ethyl adjacent to an activating group) is 1. The molecule has 1 heterocycles. The third-order valence-electron chi connectivity index (χ3n) is 4.71. The Balaban J connectivity index is 2.09. The summed E-state index contributed by atoms with van der Waals surface area (Å²) < 4.78 is 5.74. The lowest BCUT2D eigenvalue weighted by atomic mass is 9.88. The fraction of sp³-hybridized carbons (Fsp3) is 0.208. The molecule has 5 nitrogen and oxygen atoms in total. The predicted molar refractivity (Wildman–Crippen MR) is 117 cm³/mol. The first kappa shape index (κ1) is 20.4. The fourth-order valence-electron chi connectivity index (χ4n) is 3.26. The van der Waals surface area contributed by atoms with Gasteiger partial charge < -0.3 is 20.1 Å². The quantitative estimate of drug-likeness (QED) is 0.507. The van der Waals surface area contributed by atoms with Gasteiger partial charge in [0.15, 0.2) is 0 Å². The highest BCUT2D eigenvalue weighted by atomic mass is 16.5. The molecule has 0 radical (unpaired) electrons. The van der Waals surface area contributed by atoms with Gasteiger partial charge in [0.1, 0.15) is 18.1 Å². The molecule has 0 bridgehead atoms. The van der Waals surface area contributed by atoms with Gasteiger partial charge in [0, 0.05) is 18.8 Å². The molecule has 1 aromatic heterocycles. The normalized spacial score (nSPS) is 11.8. The molecule has 0 amide bonds. The summed E-state index contributed by atoms with van der Waals surface area (Å²) in [6, 6.07) is 18.6. The first-order valence-electron chi connectivity index (χ1n) is 9.72. The maximum absolute atomic E-state index is 11.5. The zero-order valence-electron chi connectivity index (χ0n) is 16.7. The molecule has 0 atom stereocenters. The molecule has 0 saturated heterocycles. The largest absolute Gasteiger partial charge is 0.508 e. The molecular weight excluding hydrogens is 364 g/mol. The van der Waals surface area contributed by atoms with Gasteiger partial charge in [-0.15, -0.1) is 0 Å². The number of aromatic hydroxyl groups is 1. The number of phenols is 1. The van der Waals surface area contributed by atoms with Crippen LogP contribution in [0, 0.1) is 0 Å². The van der Waals surface area contributed by atoms with Gasteiger partial charge in [-0.25, -0.2) is 0 Å². The molecule has 2 aromatic carbocycles. The smallest absolute Gasteiger partial charge is 0.247 e. The van der Waals surface area contributed by atoms with E-state index in [0.717, 1.165) is 46.6 Å². The summed E-state index contributed by atoms with van der Waals surface area (Å²) in [5, 5.41) is 12.8. The number of rotatable bonds is 8. The highest BCUT2D eigenvalue weighted by Gasteiger charge is 2.13. The van der Waals surface area contributed by atoms with Gasteiger partial charge in [-0.2, -0.15) is 0 Å². The van der Waals surface area contributed by atoms with Crippen molar-refractivity contribution in [2.24, 2.45) is 0 Å². The van der Waals surface area contributed by atoms with Crippen molar-refractivity contribution in [1.82, 2.24) is 10.3 Å². The first-order chi connectivity index (χ1) is 14.1. The lowest BCUT2D eigenvalue weighted by Gasteiger charge is -2.17. The van der Waals surface area contributed by atoms with E-state index in [1.54, 1.807) is 18.3 Å². The molecule has 3 rings (SSSR count). The summed E-state index contributed by atoms with van der Waals surface area (Å²) in [6.45, 7) is 3.48. The Morgan fingerprint density at radius 2 is 1.59 bits per heavy atom. The molecule has 0 unspecified atom stereocenters. The van der Waals surface area contributed by atoms with Crippen LogP contribution < -0.4 is 15.6 Å². The minimum Gasteiger partial charge on any atom is -0.508 e. The summed E-state index contributed by atoms with van der Waals surface area (Å²) in [4.78, 5) is 14.3. The van der Waals surface area contributed by atoms with E-state index in [2.05, 4.69) is 17.2 Å². The highest BCUT2D eigenvalue weighted by molar-refractivity contribution is 5.98. The molecule has 0 spiro atoms. The average molecular weight is 390 g/mol. The minimum absolute atomic E-state index is 0.126. The van der Waals surface area contributed by atoms with Gasteiger partial charge in [-0.05, 0) is 71.6 Å². The van der Waals surface area contributed by atoms with Gasteiger partial charge in [-0.3, -0.25) is 4.79 Å².